The Kier molecular flexibility index (Phi) is 5.89. The van der Waals surface area contributed by atoms with E-state index in [2.05, 4.69) is 30.3 Å². The van der Waals surface area contributed by atoms with E-state index in [0.29, 0.717) is 22.8 Å². The van der Waals surface area contributed by atoms with Gasteiger partial charge in [0.1, 0.15) is 17.8 Å². The summed E-state index contributed by atoms with van der Waals surface area (Å²) >= 11 is 5.88. The zero-order valence-electron chi connectivity index (χ0n) is 15.8. The van der Waals surface area contributed by atoms with Crippen molar-refractivity contribution in [3.05, 3.63) is 77.2 Å². The molecule has 0 aliphatic carbocycles. The molecule has 31 heavy (non-hydrogen) atoms. The number of alkyl halides is 2. The van der Waals surface area contributed by atoms with Crippen molar-refractivity contribution in [3.8, 4) is 17.0 Å². The van der Waals surface area contributed by atoms with E-state index in [1.54, 1.807) is 28.9 Å². The smallest absolute Gasteiger partial charge is 0.387 e. The van der Waals surface area contributed by atoms with Crippen molar-refractivity contribution in [2.75, 3.05) is 5.32 Å². The van der Waals surface area contributed by atoms with Gasteiger partial charge in [-0.25, -0.2) is 9.67 Å². The van der Waals surface area contributed by atoms with Crippen LogP contribution in [-0.2, 0) is 6.54 Å². The summed E-state index contributed by atoms with van der Waals surface area (Å²) in [4.78, 5) is 16.5. The summed E-state index contributed by atoms with van der Waals surface area (Å²) < 4.78 is 30.4. The number of hydrogen-bond acceptors (Lipinski definition) is 5. The van der Waals surface area contributed by atoms with Gasteiger partial charge in [0.15, 0.2) is 0 Å². The first kappa shape index (κ1) is 20.5. The number of rotatable bonds is 7. The van der Waals surface area contributed by atoms with E-state index < -0.39 is 12.5 Å². The Hall–Kier alpha value is -3.79. The SMILES string of the molecule is O=C(Nc1ncn(Cc2ccc(Cl)cc2)n1)c1cc(-c2ccc(OC(F)F)cc2)n[nH]1. The van der Waals surface area contributed by atoms with Crippen molar-refractivity contribution in [2.24, 2.45) is 0 Å². The van der Waals surface area contributed by atoms with Crippen LogP contribution in [0.15, 0.2) is 60.9 Å². The van der Waals surface area contributed by atoms with Crippen molar-refractivity contribution < 1.29 is 18.3 Å². The van der Waals surface area contributed by atoms with Gasteiger partial charge < -0.3 is 4.74 Å². The molecule has 1 amide bonds. The first-order valence-corrected chi connectivity index (χ1v) is 9.40. The largest absolute Gasteiger partial charge is 0.435 e. The van der Waals surface area contributed by atoms with Gasteiger partial charge in [-0.2, -0.15) is 13.9 Å². The second kappa shape index (κ2) is 8.92. The normalized spacial score (nSPS) is 11.0. The lowest BCUT2D eigenvalue weighted by atomic mass is 10.1. The Morgan fingerprint density at radius 3 is 2.61 bits per heavy atom. The minimum atomic E-state index is -2.89. The number of aromatic amines is 1. The van der Waals surface area contributed by atoms with Crippen molar-refractivity contribution in [3.63, 3.8) is 0 Å². The van der Waals surface area contributed by atoms with Crippen LogP contribution in [0.1, 0.15) is 16.1 Å². The molecular formula is C20H15ClF2N6O2. The van der Waals surface area contributed by atoms with Gasteiger partial charge in [0, 0.05) is 10.6 Å². The standard InChI is InChI=1S/C20H15ClF2N6O2/c21-14-5-1-12(2-6-14)10-29-11-24-20(28-29)25-18(30)17-9-16(26-27-17)13-3-7-15(8-4-13)31-19(22)23/h1-9,11,19H,10H2,(H,26,27)(H,25,28,30). The van der Waals surface area contributed by atoms with Crippen LogP contribution in [0.2, 0.25) is 5.02 Å². The van der Waals surface area contributed by atoms with Gasteiger partial charge in [0.25, 0.3) is 5.91 Å². The molecule has 4 aromatic rings. The van der Waals surface area contributed by atoms with E-state index in [9.17, 15) is 13.6 Å². The number of carbonyl (C=O) groups excluding carboxylic acids is 1. The fraction of sp³-hybridized carbons (Fsp3) is 0.100. The van der Waals surface area contributed by atoms with Gasteiger partial charge in [-0.3, -0.25) is 15.2 Å². The second-order valence-electron chi connectivity index (χ2n) is 6.42. The van der Waals surface area contributed by atoms with E-state index >= 15 is 0 Å². The van der Waals surface area contributed by atoms with Crippen LogP contribution in [0.5, 0.6) is 5.75 Å². The van der Waals surface area contributed by atoms with Crippen LogP contribution in [0.4, 0.5) is 14.7 Å². The van der Waals surface area contributed by atoms with E-state index in [1.807, 2.05) is 12.1 Å². The number of carbonyl (C=O) groups is 1. The summed E-state index contributed by atoms with van der Waals surface area (Å²) in [5, 5.41) is 14.2. The molecular weight excluding hydrogens is 430 g/mol. The Balaban J connectivity index is 1.39. The first-order chi connectivity index (χ1) is 15.0. The topological polar surface area (TPSA) is 97.7 Å². The highest BCUT2D eigenvalue weighted by Gasteiger charge is 2.14. The fourth-order valence-electron chi connectivity index (χ4n) is 2.77. The molecule has 0 saturated heterocycles. The van der Waals surface area contributed by atoms with Crippen LogP contribution < -0.4 is 10.1 Å². The van der Waals surface area contributed by atoms with Crippen molar-refractivity contribution in [1.82, 2.24) is 25.0 Å². The van der Waals surface area contributed by atoms with Crippen LogP contribution in [0.3, 0.4) is 0 Å². The number of nitrogens with zero attached hydrogens (tertiary/aromatic N) is 4. The molecule has 4 rings (SSSR count). The lowest BCUT2D eigenvalue weighted by molar-refractivity contribution is -0.0498. The number of benzene rings is 2. The summed E-state index contributed by atoms with van der Waals surface area (Å²) in [6.07, 6.45) is 1.51. The molecule has 0 saturated carbocycles. The zero-order valence-corrected chi connectivity index (χ0v) is 16.6. The van der Waals surface area contributed by atoms with Crippen molar-refractivity contribution >= 4 is 23.5 Å². The maximum Gasteiger partial charge on any atom is 0.387 e. The summed E-state index contributed by atoms with van der Waals surface area (Å²) in [5.74, 6) is -0.295. The highest BCUT2D eigenvalue weighted by Crippen LogP contribution is 2.22. The fourth-order valence-corrected chi connectivity index (χ4v) is 2.89. The van der Waals surface area contributed by atoms with Crippen LogP contribution in [0.25, 0.3) is 11.3 Å². The zero-order chi connectivity index (χ0) is 21.8. The molecule has 0 aliphatic rings. The van der Waals surface area contributed by atoms with Gasteiger partial charge in [-0.05, 0) is 48.0 Å². The maximum absolute atomic E-state index is 12.4. The predicted octanol–water partition coefficient (Wildman–Crippen LogP) is 4.22. The number of anilines is 1. The van der Waals surface area contributed by atoms with Crippen molar-refractivity contribution in [1.29, 1.82) is 0 Å². The van der Waals surface area contributed by atoms with E-state index in [1.165, 1.54) is 24.5 Å². The minimum Gasteiger partial charge on any atom is -0.435 e. The molecule has 0 radical (unpaired) electrons. The number of H-pyrrole nitrogens is 1. The molecule has 11 heteroatoms. The van der Waals surface area contributed by atoms with Crippen molar-refractivity contribution in [2.45, 2.75) is 13.2 Å². The second-order valence-corrected chi connectivity index (χ2v) is 6.85. The molecule has 2 N–H and O–H groups in total. The number of amides is 1. The molecule has 0 bridgehead atoms. The van der Waals surface area contributed by atoms with Gasteiger partial charge in [-0.1, -0.05) is 23.7 Å². The van der Waals surface area contributed by atoms with Gasteiger partial charge in [0.2, 0.25) is 5.95 Å². The molecule has 0 aliphatic heterocycles. The highest BCUT2D eigenvalue weighted by molar-refractivity contribution is 6.30. The lowest BCUT2D eigenvalue weighted by Gasteiger charge is -2.04. The molecule has 0 spiro atoms. The molecule has 2 heterocycles. The maximum atomic E-state index is 12.4. The third-order valence-electron chi connectivity index (χ3n) is 4.22. The van der Waals surface area contributed by atoms with Gasteiger partial charge in [0.05, 0.1) is 12.2 Å². The average molecular weight is 445 g/mol. The number of nitrogens with one attached hydrogen (secondary N) is 2. The Labute approximate surface area is 179 Å². The van der Waals surface area contributed by atoms with E-state index in [0.717, 1.165) is 5.56 Å². The summed E-state index contributed by atoms with van der Waals surface area (Å²) in [6, 6.07) is 14.8. The molecule has 8 nitrogen and oxygen atoms in total. The molecule has 2 aromatic carbocycles. The van der Waals surface area contributed by atoms with E-state index in [-0.39, 0.29) is 17.4 Å². The summed E-state index contributed by atoms with van der Waals surface area (Å²) in [5.41, 5.74) is 2.27. The minimum absolute atomic E-state index is 0.0347. The summed E-state index contributed by atoms with van der Waals surface area (Å²) in [7, 11) is 0. The van der Waals surface area contributed by atoms with Gasteiger partial charge >= 0.3 is 6.61 Å². The Morgan fingerprint density at radius 1 is 1.16 bits per heavy atom. The van der Waals surface area contributed by atoms with Crippen LogP contribution in [-0.4, -0.2) is 37.5 Å². The number of halogens is 3. The molecule has 0 unspecified atom stereocenters. The number of ether oxygens (including phenoxy) is 1. The Bertz CT molecular complexity index is 1180. The van der Waals surface area contributed by atoms with E-state index in [4.69, 9.17) is 11.6 Å². The van der Waals surface area contributed by atoms with Crippen LogP contribution in [0, 0.1) is 0 Å². The highest BCUT2D eigenvalue weighted by atomic mass is 35.5. The quantitative estimate of drug-likeness (QED) is 0.444. The van der Waals surface area contributed by atoms with Gasteiger partial charge in [-0.15, -0.1) is 5.10 Å². The monoisotopic (exact) mass is 444 g/mol. The number of aromatic nitrogens is 5. The van der Waals surface area contributed by atoms with Crippen LogP contribution >= 0.6 is 11.6 Å². The number of hydrogen-bond donors (Lipinski definition) is 2. The predicted molar refractivity (Wildman–Crippen MR) is 109 cm³/mol. The Morgan fingerprint density at radius 2 is 1.90 bits per heavy atom. The lowest BCUT2D eigenvalue weighted by Crippen LogP contribution is -2.14. The molecule has 2 aromatic heterocycles. The first-order valence-electron chi connectivity index (χ1n) is 9.02. The average Bonchev–Trinajstić information content (AvgIpc) is 3.40. The molecule has 0 fully saturated rings. The third kappa shape index (κ3) is 5.23. The molecule has 158 valence electrons. The summed E-state index contributed by atoms with van der Waals surface area (Å²) in [6.45, 7) is -2.42. The molecule has 0 atom stereocenters. The third-order valence-corrected chi connectivity index (χ3v) is 4.47.